The third-order valence-electron chi connectivity index (χ3n) is 0.961. The number of hydrogen-bond donors (Lipinski definition) is 1. The van der Waals surface area contributed by atoms with Crippen LogP contribution in [0.3, 0.4) is 0 Å². The average molecular weight is 197 g/mol. The van der Waals surface area contributed by atoms with Gasteiger partial charge in [0.15, 0.2) is 0 Å². The van der Waals surface area contributed by atoms with E-state index in [0.29, 0.717) is 5.41 Å². The van der Waals surface area contributed by atoms with Crippen molar-refractivity contribution in [2.75, 3.05) is 0 Å². The Balaban J connectivity index is -0.000000208. The molecule has 0 amide bonds. The highest BCUT2D eigenvalue weighted by Gasteiger charge is 1.95. The third-order valence-corrected chi connectivity index (χ3v) is 0.961. The van der Waals surface area contributed by atoms with Gasteiger partial charge in [0.1, 0.15) is 0 Å². The zero-order valence-electron chi connectivity index (χ0n) is 10.5. The Morgan fingerprint density at radius 1 is 1.29 bits per heavy atom. The van der Waals surface area contributed by atoms with Gasteiger partial charge in [-0.05, 0) is 30.9 Å². The third kappa shape index (κ3) is 22.5. The van der Waals surface area contributed by atoms with E-state index < -0.39 is 0 Å². The Hall–Kier alpha value is -0.980. The van der Waals surface area contributed by atoms with Crippen LogP contribution in [0.1, 0.15) is 43.0 Å². The molecule has 0 fully saturated rings. The van der Waals surface area contributed by atoms with Gasteiger partial charge in [0.05, 0.1) is 0 Å². The van der Waals surface area contributed by atoms with Crippen molar-refractivity contribution < 1.29 is 1.43 Å². The van der Waals surface area contributed by atoms with Crippen molar-refractivity contribution in [3.8, 4) is 0 Å². The summed E-state index contributed by atoms with van der Waals surface area (Å²) in [7, 11) is 0. The molecule has 0 spiro atoms. The monoisotopic (exact) mass is 197 g/mol. The van der Waals surface area contributed by atoms with E-state index in [-0.39, 0.29) is 1.43 Å². The van der Waals surface area contributed by atoms with Crippen molar-refractivity contribution in [1.82, 2.24) is 0 Å². The van der Waals surface area contributed by atoms with E-state index in [2.05, 4.69) is 34.3 Å². The molecule has 0 aliphatic carbocycles. The summed E-state index contributed by atoms with van der Waals surface area (Å²) < 4.78 is 0. The van der Waals surface area contributed by atoms with E-state index in [1.807, 2.05) is 32.1 Å². The van der Waals surface area contributed by atoms with E-state index >= 15 is 0 Å². The van der Waals surface area contributed by atoms with Crippen LogP contribution < -0.4 is 5.73 Å². The molecule has 1 nitrogen and oxygen atoms in total. The number of nitrogens with two attached hydrogens (primary N) is 1. The van der Waals surface area contributed by atoms with Crippen LogP contribution in [0, 0.1) is 5.41 Å². The molecular weight excluding hydrogens is 170 g/mol. The molecular formula is C13H27N. The summed E-state index contributed by atoms with van der Waals surface area (Å²) in [5.74, 6) is 0. The second kappa shape index (κ2) is 7.43. The molecule has 0 saturated heterocycles. The van der Waals surface area contributed by atoms with Gasteiger partial charge in [0.2, 0.25) is 0 Å². The van der Waals surface area contributed by atoms with Gasteiger partial charge in [-0.25, -0.2) is 0 Å². The maximum Gasteiger partial charge on any atom is 0.0337 e. The Bertz CT molecular complexity index is 213. The topological polar surface area (TPSA) is 26.0 Å². The predicted octanol–water partition coefficient (Wildman–Crippen LogP) is 4.28. The summed E-state index contributed by atoms with van der Waals surface area (Å²) in [6.07, 6.45) is 5.65. The zero-order chi connectivity index (χ0) is 11.8. The van der Waals surface area contributed by atoms with Gasteiger partial charge in [-0.15, -0.1) is 0 Å². The van der Waals surface area contributed by atoms with Crippen LogP contribution in [-0.4, -0.2) is 0 Å². The SMILES string of the molecule is C=C(C)/C(N)=C\C=C/C.CC(C)(C)C.[HH]. The number of hydrogen-bond acceptors (Lipinski definition) is 1. The lowest BCUT2D eigenvalue weighted by Gasteiger charge is -2.05. The lowest BCUT2D eigenvalue weighted by atomic mass is 10.0. The fraction of sp³-hybridized carbons (Fsp3) is 0.538. The quantitative estimate of drug-likeness (QED) is 0.657. The molecule has 0 rings (SSSR count). The highest BCUT2D eigenvalue weighted by atomic mass is 14.6. The molecule has 0 bridgehead atoms. The molecule has 0 aliphatic rings. The fourth-order valence-corrected chi connectivity index (χ4v) is 0.342. The van der Waals surface area contributed by atoms with E-state index in [4.69, 9.17) is 5.73 Å². The highest BCUT2D eigenvalue weighted by molar-refractivity contribution is 5.26. The molecule has 0 radical (unpaired) electrons. The van der Waals surface area contributed by atoms with E-state index in [9.17, 15) is 0 Å². The van der Waals surface area contributed by atoms with Crippen LogP contribution >= 0.6 is 0 Å². The van der Waals surface area contributed by atoms with Crippen molar-refractivity contribution in [1.29, 1.82) is 0 Å². The van der Waals surface area contributed by atoms with Crippen molar-refractivity contribution in [3.63, 3.8) is 0 Å². The van der Waals surface area contributed by atoms with Gasteiger partial charge in [0.25, 0.3) is 0 Å². The Morgan fingerprint density at radius 3 is 1.86 bits per heavy atom. The Labute approximate surface area is 90.9 Å². The van der Waals surface area contributed by atoms with E-state index in [1.165, 1.54) is 0 Å². The van der Waals surface area contributed by atoms with Crippen LogP contribution in [0.4, 0.5) is 0 Å². The highest BCUT2D eigenvalue weighted by Crippen LogP contribution is 2.08. The van der Waals surface area contributed by atoms with Crippen molar-refractivity contribution in [2.24, 2.45) is 11.1 Å². The minimum atomic E-state index is 0. The lowest BCUT2D eigenvalue weighted by Crippen LogP contribution is -1.95. The maximum absolute atomic E-state index is 5.51. The maximum atomic E-state index is 5.51. The normalized spacial score (nSPS) is 12.3. The van der Waals surface area contributed by atoms with Gasteiger partial charge in [0, 0.05) is 7.12 Å². The molecule has 0 saturated carbocycles. The van der Waals surface area contributed by atoms with Crippen molar-refractivity contribution in [2.45, 2.75) is 41.5 Å². The van der Waals surface area contributed by atoms with E-state index in [1.54, 1.807) is 0 Å². The van der Waals surface area contributed by atoms with Gasteiger partial charge < -0.3 is 5.73 Å². The van der Waals surface area contributed by atoms with Crippen LogP contribution in [-0.2, 0) is 0 Å². The molecule has 0 aromatic carbocycles. The second-order valence-corrected chi connectivity index (χ2v) is 4.93. The zero-order valence-corrected chi connectivity index (χ0v) is 10.5. The first-order valence-electron chi connectivity index (χ1n) is 4.92. The minimum absolute atomic E-state index is 0. The van der Waals surface area contributed by atoms with E-state index in [0.717, 1.165) is 11.3 Å². The van der Waals surface area contributed by atoms with Crippen LogP contribution in [0.25, 0.3) is 0 Å². The molecule has 0 aliphatic heterocycles. The molecule has 1 heteroatoms. The number of allylic oxidation sites excluding steroid dienone is 4. The van der Waals surface area contributed by atoms with Crippen LogP contribution in [0.5, 0.6) is 0 Å². The molecule has 0 heterocycles. The second-order valence-electron chi connectivity index (χ2n) is 4.93. The minimum Gasteiger partial charge on any atom is -0.399 e. The van der Waals surface area contributed by atoms with Crippen LogP contribution in [0.2, 0.25) is 0 Å². The molecule has 0 atom stereocenters. The molecule has 0 aromatic heterocycles. The average Bonchev–Trinajstić information content (AvgIpc) is 1.96. The Kier molecular flexibility index (Phi) is 8.22. The van der Waals surface area contributed by atoms with Gasteiger partial charge >= 0.3 is 0 Å². The largest absolute Gasteiger partial charge is 0.399 e. The first kappa shape index (κ1) is 15.5. The van der Waals surface area contributed by atoms with Gasteiger partial charge in [-0.1, -0.05) is 46.4 Å². The molecule has 84 valence electrons. The number of rotatable bonds is 2. The molecule has 14 heavy (non-hydrogen) atoms. The summed E-state index contributed by atoms with van der Waals surface area (Å²) >= 11 is 0. The molecule has 0 aromatic rings. The summed E-state index contributed by atoms with van der Waals surface area (Å²) in [5, 5.41) is 0. The van der Waals surface area contributed by atoms with Crippen molar-refractivity contribution in [3.05, 3.63) is 36.1 Å². The first-order chi connectivity index (χ1) is 6.18. The smallest absolute Gasteiger partial charge is 0.0337 e. The first-order valence-corrected chi connectivity index (χ1v) is 4.92. The summed E-state index contributed by atoms with van der Waals surface area (Å²) in [5.41, 5.74) is 7.67. The van der Waals surface area contributed by atoms with Gasteiger partial charge in [-0.2, -0.15) is 0 Å². The van der Waals surface area contributed by atoms with Crippen molar-refractivity contribution >= 4 is 0 Å². The predicted molar refractivity (Wildman–Crippen MR) is 69.1 cm³/mol. The summed E-state index contributed by atoms with van der Waals surface area (Å²) in [6, 6.07) is 0. The molecule has 2 N–H and O–H groups in total. The summed E-state index contributed by atoms with van der Waals surface area (Å²) in [6.45, 7) is 16.3. The van der Waals surface area contributed by atoms with Gasteiger partial charge in [-0.3, -0.25) is 0 Å². The summed E-state index contributed by atoms with van der Waals surface area (Å²) in [4.78, 5) is 0. The Morgan fingerprint density at radius 2 is 1.64 bits per heavy atom. The fourth-order valence-electron chi connectivity index (χ4n) is 0.342. The lowest BCUT2D eigenvalue weighted by molar-refractivity contribution is 0.469. The molecule has 0 unspecified atom stereocenters. The standard InChI is InChI=1S/C8H13N.C5H12.H2/c1-4-5-6-8(9)7(2)3;1-5(2,3)4;/h4-6H,2,9H2,1,3H3;1-4H3;1H/b5-4-,8-6+;;. The van der Waals surface area contributed by atoms with Crippen LogP contribution in [0.15, 0.2) is 36.1 Å².